The Morgan fingerprint density at radius 2 is 1.55 bits per heavy atom. The second-order valence-corrected chi connectivity index (χ2v) is 6.72. The first-order valence-electron chi connectivity index (χ1n) is 6.15. The van der Waals surface area contributed by atoms with Crippen LogP contribution in [0, 0.1) is 0 Å². The molecule has 0 atom stereocenters. The standard InChI is InChI=1S/C14H9ClN2O4S/c15-8-1-3-9(4-2-8)17-22(20,21)10-5-6-11-12(7-10)14(19)16-13(11)18/h1-7,17H,(H,16,18,19). The molecule has 0 spiro atoms. The molecule has 0 aliphatic carbocycles. The van der Waals surface area contributed by atoms with E-state index in [1.807, 2.05) is 0 Å². The third-order valence-corrected chi connectivity index (χ3v) is 4.75. The molecule has 3 rings (SSSR count). The van der Waals surface area contributed by atoms with Gasteiger partial charge >= 0.3 is 0 Å². The quantitative estimate of drug-likeness (QED) is 0.839. The first kappa shape index (κ1) is 14.6. The number of anilines is 1. The predicted molar refractivity (Wildman–Crippen MR) is 80.5 cm³/mol. The summed E-state index contributed by atoms with van der Waals surface area (Å²) in [7, 11) is -3.87. The summed E-state index contributed by atoms with van der Waals surface area (Å²) < 4.78 is 27.0. The summed E-state index contributed by atoms with van der Waals surface area (Å²) >= 11 is 5.74. The molecule has 0 unspecified atom stereocenters. The van der Waals surface area contributed by atoms with Crippen LogP contribution in [0.25, 0.3) is 0 Å². The molecule has 6 nitrogen and oxygen atoms in total. The number of imide groups is 1. The first-order chi connectivity index (χ1) is 10.4. The lowest BCUT2D eigenvalue weighted by molar-refractivity contribution is 0.0879. The molecule has 0 saturated carbocycles. The minimum Gasteiger partial charge on any atom is -0.288 e. The van der Waals surface area contributed by atoms with E-state index in [2.05, 4.69) is 10.0 Å². The Hall–Kier alpha value is -2.38. The molecule has 0 saturated heterocycles. The number of nitrogens with one attached hydrogen (secondary N) is 2. The number of carbonyl (C=O) groups excluding carboxylic acids is 2. The van der Waals surface area contributed by atoms with Crippen LogP contribution in [0.1, 0.15) is 20.7 Å². The maximum absolute atomic E-state index is 12.3. The van der Waals surface area contributed by atoms with Crippen molar-refractivity contribution in [3.63, 3.8) is 0 Å². The highest BCUT2D eigenvalue weighted by atomic mass is 35.5. The van der Waals surface area contributed by atoms with Crippen molar-refractivity contribution in [2.75, 3.05) is 4.72 Å². The molecule has 0 aromatic heterocycles. The van der Waals surface area contributed by atoms with Gasteiger partial charge in [0, 0.05) is 10.7 Å². The van der Waals surface area contributed by atoms with E-state index >= 15 is 0 Å². The van der Waals surface area contributed by atoms with Gasteiger partial charge in [0.1, 0.15) is 0 Å². The average Bonchev–Trinajstić information content (AvgIpc) is 2.76. The van der Waals surface area contributed by atoms with Crippen molar-refractivity contribution in [2.24, 2.45) is 0 Å². The minimum absolute atomic E-state index is 0.0454. The van der Waals surface area contributed by atoms with Crippen LogP contribution in [0.4, 0.5) is 5.69 Å². The van der Waals surface area contributed by atoms with Gasteiger partial charge in [-0.25, -0.2) is 8.42 Å². The molecular weight excluding hydrogens is 328 g/mol. The molecule has 2 amide bonds. The van der Waals surface area contributed by atoms with Gasteiger partial charge in [0.25, 0.3) is 21.8 Å². The number of rotatable bonds is 3. The van der Waals surface area contributed by atoms with Gasteiger partial charge in [-0.3, -0.25) is 19.6 Å². The molecule has 8 heteroatoms. The van der Waals surface area contributed by atoms with Crippen molar-refractivity contribution in [1.29, 1.82) is 0 Å². The topological polar surface area (TPSA) is 92.3 Å². The molecule has 2 aromatic rings. The number of sulfonamides is 1. The minimum atomic E-state index is -3.87. The van der Waals surface area contributed by atoms with E-state index in [1.54, 1.807) is 12.1 Å². The maximum Gasteiger partial charge on any atom is 0.261 e. The Kier molecular flexibility index (Phi) is 3.38. The van der Waals surface area contributed by atoms with Gasteiger partial charge < -0.3 is 0 Å². The van der Waals surface area contributed by atoms with Crippen molar-refractivity contribution in [2.45, 2.75) is 4.90 Å². The zero-order valence-corrected chi connectivity index (χ0v) is 12.5. The van der Waals surface area contributed by atoms with Crippen molar-refractivity contribution < 1.29 is 18.0 Å². The van der Waals surface area contributed by atoms with Crippen LogP contribution in [0.3, 0.4) is 0 Å². The van der Waals surface area contributed by atoms with E-state index in [0.717, 1.165) is 0 Å². The van der Waals surface area contributed by atoms with Crippen LogP contribution in [0.15, 0.2) is 47.4 Å². The predicted octanol–water partition coefficient (Wildman–Crippen LogP) is 2.02. The fourth-order valence-electron chi connectivity index (χ4n) is 2.05. The fraction of sp³-hybridized carbons (Fsp3) is 0. The summed E-state index contributed by atoms with van der Waals surface area (Å²) in [6.45, 7) is 0. The van der Waals surface area contributed by atoms with Gasteiger partial charge in [-0.1, -0.05) is 11.6 Å². The van der Waals surface area contributed by atoms with Gasteiger partial charge in [0.2, 0.25) is 0 Å². The monoisotopic (exact) mass is 336 g/mol. The highest BCUT2D eigenvalue weighted by molar-refractivity contribution is 7.92. The molecule has 1 aliphatic heterocycles. The molecular formula is C14H9ClN2O4S. The molecule has 1 aliphatic rings. The van der Waals surface area contributed by atoms with Gasteiger partial charge in [-0.05, 0) is 42.5 Å². The molecule has 0 fully saturated rings. The molecule has 0 radical (unpaired) electrons. The third kappa shape index (κ3) is 2.56. The highest BCUT2D eigenvalue weighted by Gasteiger charge is 2.28. The molecule has 2 aromatic carbocycles. The smallest absolute Gasteiger partial charge is 0.261 e. The van der Waals surface area contributed by atoms with Crippen molar-refractivity contribution in [1.82, 2.24) is 5.32 Å². The normalized spacial score (nSPS) is 13.7. The van der Waals surface area contributed by atoms with E-state index in [0.29, 0.717) is 10.7 Å². The Morgan fingerprint density at radius 3 is 2.23 bits per heavy atom. The zero-order valence-electron chi connectivity index (χ0n) is 11.0. The molecule has 1 heterocycles. The largest absolute Gasteiger partial charge is 0.288 e. The summed E-state index contributed by atoms with van der Waals surface area (Å²) in [5, 5.41) is 2.59. The van der Waals surface area contributed by atoms with Crippen molar-refractivity contribution in [3.8, 4) is 0 Å². The Balaban J connectivity index is 1.96. The molecule has 0 bridgehead atoms. The van der Waals surface area contributed by atoms with E-state index in [4.69, 9.17) is 11.6 Å². The fourth-order valence-corrected chi connectivity index (χ4v) is 3.26. The number of fused-ring (bicyclic) bond motifs is 1. The first-order valence-corrected chi connectivity index (χ1v) is 8.01. The molecule has 112 valence electrons. The lowest BCUT2D eigenvalue weighted by atomic mass is 10.1. The van der Waals surface area contributed by atoms with Gasteiger partial charge in [0.05, 0.1) is 16.0 Å². The number of carbonyl (C=O) groups is 2. The SMILES string of the molecule is O=C1NC(=O)c2cc(S(=O)(=O)Nc3ccc(Cl)cc3)ccc21. The second kappa shape index (κ2) is 5.11. The van der Waals surface area contributed by atoms with E-state index < -0.39 is 21.8 Å². The number of hydrogen-bond donors (Lipinski definition) is 2. The lowest BCUT2D eigenvalue weighted by Crippen LogP contribution is -2.19. The van der Waals surface area contributed by atoms with Gasteiger partial charge in [-0.15, -0.1) is 0 Å². The summed E-state index contributed by atoms with van der Waals surface area (Å²) in [6, 6.07) is 9.89. The number of benzene rings is 2. The second-order valence-electron chi connectivity index (χ2n) is 4.60. The maximum atomic E-state index is 12.3. The van der Waals surface area contributed by atoms with E-state index in [-0.39, 0.29) is 16.0 Å². The summed E-state index contributed by atoms with van der Waals surface area (Å²) in [4.78, 5) is 22.9. The van der Waals surface area contributed by atoms with Gasteiger partial charge in [0.15, 0.2) is 0 Å². The number of halogens is 1. The van der Waals surface area contributed by atoms with Crippen LogP contribution in [-0.2, 0) is 10.0 Å². The van der Waals surface area contributed by atoms with Crippen LogP contribution < -0.4 is 10.0 Å². The van der Waals surface area contributed by atoms with Crippen molar-refractivity contribution in [3.05, 3.63) is 58.6 Å². The van der Waals surface area contributed by atoms with Crippen LogP contribution >= 0.6 is 11.6 Å². The van der Waals surface area contributed by atoms with E-state index in [9.17, 15) is 18.0 Å². The zero-order chi connectivity index (χ0) is 15.9. The average molecular weight is 337 g/mol. The lowest BCUT2D eigenvalue weighted by Gasteiger charge is -2.08. The summed E-state index contributed by atoms with van der Waals surface area (Å²) in [6.07, 6.45) is 0. The molecule has 22 heavy (non-hydrogen) atoms. The van der Waals surface area contributed by atoms with E-state index in [1.165, 1.54) is 30.3 Å². The third-order valence-electron chi connectivity index (χ3n) is 3.11. The Labute approximate surface area is 131 Å². The Bertz CT molecular complexity index is 892. The van der Waals surface area contributed by atoms with Crippen molar-refractivity contribution >= 4 is 39.1 Å². The van der Waals surface area contributed by atoms with Gasteiger partial charge in [-0.2, -0.15) is 0 Å². The summed E-state index contributed by atoms with van der Waals surface area (Å²) in [5.74, 6) is -1.14. The van der Waals surface area contributed by atoms with Crippen LogP contribution in [-0.4, -0.2) is 20.2 Å². The van der Waals surface area contributed by atoms with Crippen LogP contribution in [0.5, 0.6) is 0 Å². The number of hydrogen-bond acceptors (Lipinski definition) is 4. The van der Waals surface area contributed by atoms with Crippen LogP contribution in [0.2, 0.25) is 5.02 Å². The number of amides is 2. The molecule has 2 N–H and O–H groups in total. The summed E-state index contributed by atoms with van der Waals surface area (Å²) in [5.41, 5.74) is 0.546. The highest BCUT2D eigenvalue weighted by Crippen LogP contribution is 2.23. The Morgan fingerprint density at radius 1 is 0.909 bits per heavy atom.